The molecule has 268 valence electrons. The molecule has 4 aliphatic rings. The summed E-state index contributed by atoms with van der Waals surface area (Å²) in [5.74, 6) is -0.0543. The van der Waals surface area contributed by atoms with Gasteiger partial charge in [-0.3, -0.25) is 4.79 Å². The summed E-state index contributed by atoms with van der Waals surface area (Å²) < 4.78 is 24.5. The maximum atomic E-state index is 14.1. The van der Waals surface area contributed by atoms with Gasteiger partial charge in [0.25, 0.3) is 0 Å². The van der Waals surface area contributed by atoms with Gasteiger partial charge >= 0.3 is 12.1 Å². The molecule has 1 aromatic heterocycles. The van der Waals surface area contributed by atoms with Crippen molar-refractivity contribution in [2.45, 2.75) is 109 Å². The molecular formula is C37H52N4O8. The largest absolute Gasteiger partial charge is 0.489 e. The van der Waals surface area contributed by atoms with Crippen LogP contribution < -0.4 is 14.8 Å². The van der Waals surface area contributed by atoms with Crippen LogP contribution in [0.25, 0.3) is 10.9 Å². The van der Waals surface area contributed by atoms with Crippen molar-refractivity contribution < 1.29 is 38.4 Å². The third kappa shape index (κ3) is 8.40. The van der Waals surface area contributed by atoms with Gasteiger partial charge in [0.05, 0.1) is 24.2 Å². The number of fused-ring (bicyclic) bond motifs is 5. The van der Waals surface area contributed by atoms with Crippen LogP contribution in [0.2, 0.25) is 0 Å². The normalized spacial score (nSPS) is 27.6. The number of nitrogens with zero attached hydrogens (tertiary/aromatic N) is 3. The lowest BCUT2D eigenvalue weighted by atomic mass is 9.85. The molecule has 49 heavy (non-hydrogen) atoms. The summed E-state index contributed by atoms with van der Waals surface area (Å²) in [7, 11) is 1.73. The number of aromatic nitrogens is 1. The number of pyridine rings is 1. The van der Waals surface area contributed by atoms with Crippen molar-refractivity contribution in [1.82, 2.24) is 20.1 Å². The van der Waals surface area contributed by atoms with Crippen LogP contribution in [0.1, 0.15) is 77.7 Å². The van der Waals surface area contributed by atoms with E-state index in [1.807, 2.05) is 45.0 Å². The molecule has 2 saturated heterocycles. The Morgan fingerprint density at radius 1 is 1.06 bits per heavy atom. The summed E-state index contributed by atoms with van der Waals surface area (Å²) in [5, 5.41) is 14.0. The first-order valence-corrected chi connectivity index (χ1v) is 18.0. The molecule has 2 bridgehead atoms. The fourth-order valence-electron chi connectivity index (χ4n) is 7.47. The van der Waals surface area contributed by atoms with Crippen molar-refractivity contribution in [3.63, 3.8) is 0 Å². The SMILES string of the molecule is COCCN1CCC(Oc2c3c(nc4ccccc24)O[C@@H]2C[C@@H](C(=O)O)N(C2)C(=O)[C@H](C(C)(C)C)NC(=O)O[C@@H]2C[C@H]2CCCCC3)CC1. The Morgan fingerprint density at radius 3 is 2.57 bits per heavy atom. The zero-order valence-corrected chi connectivity index (χ0v) is 29.3. The molecule has 1 aromatic carbocycles. The number of hydrogen-bond donors (Lipinski definition) is 2. The number of carboxylic acids is 1. The average molecular weight is 681 g/mol. The van der Waals surface area contributed by atoms with Crippen LogP contribution in [0.4, 0.5) is 4.79 Å². The van der Waals surface area contributed by atoms with E-state index in [-0.39, 0.29) is 25.2 Å². The molecule has 3 aliphatic heterocycles. The summed E-state index contributed by atoms with van der Waals surface area (Å²) in [6, 6.07) is 5.83. The predicted molar refractivity (Wildman–Crippen MR) is 183 cm³/mol. The number of carbonyl (C=O) groups is 3. The van der Waals surface area contributed by atoms with E-state index in [0.29, 0.717) is 24.8 Å². The Labute approximate surface area is 288 Å². The number of carboxylic acid groups (broad SMARTS) is 1. The second kappa shape index (κ2) is 15.1. The van der Waals surface area contributed by atoms with E-state index in [0.717, 1.165) is 86.8 Å². The molecular weight excluding hydrogens is 628 g/mol. The van der Waals surface area contributed by atoms with Crippen LogP contribution in [0.3, 0.4) is 0 Å². The molecule has 12 nitrogen and oxygen atoms in total. The van der Waals surface area contributed by atoms with Crippen molar-refractivity contribution in [3.05, 3.63) is 29.8 Å². The number of ether oxygens (including phenoxy) is 4. The van der Waals surface area contributed by atoms with Gasteiger partial charge < -0.3 is 39.2 Å². The Bertz CT molecular complexity index is 1500. The minimum atomic E-state index is -1.12. The van der Waals surface area contributed by atoms with Gasteiger partial charge in [-0.2, -0.15) is 0 Å². The minimum absolute atomic E-state index is 0.0362. The molecule has 2 aromatic rings. The van der Waals surface area contributed by atoms with E-state index in [1.165, 1.54) is 4.90 Å². The fraction of sp³-hybridized carbons (Fsp3) is 0.676. The molecule has 6 rings (SSSR count). The quantitative estimate of drug-likeness (QED) is 0.437. The highest BCUT2D eigenvalue weighted by atomic mass is 16.6. The molecule has 1 saturated carbocycles. The number of carbonyl (C=O) groups excluding carboxylic acids is 2. The van der Waals surface area contributed by atoms with Gasteiger partial charge in [-0.05, 0) is 62.0 Å². The smallest absolute Gasteiger partial charge is 0.408 e. The van der Waals surface area contributed by atoms with Crippen molar-refractivity contribution in [2.75, 3.05) is 39.9 Å². The molecule has 1 aliphatic carbocycles. The zero-order valence-electron chi connectivity index (χ0n) is 29.3. The average Bonchev–Trinajstić information content (AvgIpc) is 3.65. The van der Waals surface area contributed by atoms with Crippen LogP contribution in [-0.4, -0.2) is 108 Å². The van der Waals surface area contributed by atoms with Gasteiger partial charge in [-0.1, -0.05) is 45.7 Å². The van der Waals surface area contributed by atoms with E-state index < -0.39 is 41.6 Å². The number of para-hydroxylation sites is 1. The van der Waals surface area contributed by atoms with E-state index in [2.05, 4.69) is 10.2 Å². The topological polar surface area (TPSA) is 140 Å². The molecule has 5 atom stereocenters. The summed E-state index contributed by atoms with van der Waals surface area (Å²) in [6.07, 6.45) is 5.83. The Balaban J connectivity index is 1.32. The number of amides is 2. The zero-order chi connectivity index (χ0) is 34.7. The first-order valence-electron chi connectivity index (χ1n) is 18.0. The lowest BCUT2D eigenvalue weighted by Gasteiger charge is -2.34. The van der Waals surface area contributed by atoms with Crippen LogP contribution in [-0.2, 0) is 25.5 Å². The second-order valence-corrected chi connectivity index (χ2v) is 15.2. The number of alkyl carbamates (subject to hydrolysis) is 1. The van der Waals surface area contributed by atoms with Crippen molar-refractivity contribution in [3.8, 4) is 11.6 Å². The third-order valence-electron chi connectivity index (χ3n) is 10.4. The van der Waals surface area contributed by atoms with Crippen molar-refractivity contribution in [2.24, 2.45) is 11.3 Å². The summed E-state index contributed by atoms with van der Waals surface area (Å²) >= 11 is 0. The number of piperidine rings is 1. The van der Waals surface area contributed by atoms with E-state index in [4.69, 9.17) is 23.9 Å². The van der Waals surface area contributed by atoms with Crippen LogP contribution >= 0.6 is 0 Å². The van der Waals surface area contributed by atoms with Gasteiger partial charge in [0.1, 0.15) is 36.1 Å². The first kappa shape index (κ1) is 35.2. The number of rotatable bonds is 6. The van der Waals surface area contributed by atoms with Gasteiger partial charge in [-0.25, -0.2) is 14.6 Å². The molecule has 2 amide bonds. The number of nitrogens with one attached hydrogen (secondary N) is 1. The van der Waals surface area contributed by atoms with Crippen LogP contribution in [0.15, 0.2) is 24.3 Å². The van der Waals surface area contributed by atoms with Crippen molar-refractivity contribution in [1.29, 1.82) is 0 Å². The van der Waals surface area contributed by atoms with Gasteiger partial charge in [0.2, 0.25) is 11.8 Å². The fourth-order valence-corrected chi connectivity index (χ4v) is 7.47. The third-order valence-corrected chi connectivity index (χ3v) is 10.4. The number of hydrogen-bond acceptors (Lipinski definition) is 9. The highest BCUT2D eigenvalue weighted by Crippen LogP contribution is 2.41. The molecule has 0 spiro atoms. The van der Waals surface area contributed by atoms with Crippen LogP contribution in [0, 0.1) is 11.3 Å². The monoisotopic (exact) mass is 680 g/mol. The molecule has 2 N–H and O–H groups in total. The van der Waals surface area contributed by atoms with E-state index in [1.54, 1.807) is 7.11 Å². The molecule has 12 heteroatoms. The maximum absolute atomic E-state index is 14.1. The van der Waals surface area contributed by atoms with Gasteiger partial charge in [0.15, 0.2) is 0 Å². The second-order valence-electron chi connectivity index (χ2n) is 15.2. The number of benzene rings is 1. The lowest BCUT2D eigenvalue weighted by Crippen LogP contribution is -2.57. The van der Waals surface area contributed by atoms with Gasteiger partial charge in [-0.15, -0.1) is 0 Å². The summed E-state index contributed by atoms with van der Waals surface area (Å²) in [5.41, 5.74) is 0.943. The first-order chi connectivity index (χ1) is 23.5. The van der Waals surface area contributed by atoms with E-state index in [9.17, 15) is 19.5 Å². The Kier molecular flexibility index (Phi) is 10.8. The Hall–Kier alpha value is -3.64. The number of aliphatic carboxylic acids is 1. The molecule has 4 heterocycles. The molecule has 3 fully saturated rings. The highest BCUT2D eigenvalue weighted by molar-refractivity contribution is 5.91. The summed E-state index contributed by atoms with van der Waals surface area (Å²) in [6.45, 7) is 9.06. The standard InChI is InChI=1S/C37H52N4O8/c1-37(2,3)32-34(42)41-22-25(21-29(41)35(43)44)48-33-27(12-7-5-6-10-23-20-30(23)49-36(45)39-32)31(26-11-8-9-13-28(26)38-33)47-24-14-16-40(17-15-24)18-19-46-4/h8-9,11,13,23-25,29-30,32H,5-7,10,12,14-22H2,1-4H3,(H,39,45)(H,43,44)/t23-,25-,29+,30-,32-/m1/s1. The maximum Gasteiger partial charge on any atom is 0.408 e. The van der Waals surface area contributed by atoms with E-state index >= 15 is 0 Å². The predicted octanol–water partition coefficient (Wildman–Crippen LogP) is 4.80. The Morgan fingerprint density at radius 2 is 1.84 bits per heavy atom. The van der Waals surface area contributed by atoms with Gasteiger partial charge in [0, 0.05) is 38.6 Å². The summed E-state index contributed by atoms with van der Waals surface area (Å²) in [4.78, 5) is 48.3. The minimum Gasteiger partial charge on any atom is -0.489 e. The number of likely N-dealkylation sites (tertiary alicyclic amines) is 1. The highest BCUT2D eigenvalue weighted by Gasteiger charge is 2.47. The lowest BCUT2D eigenvalue weighted by molar-refractivity contribution is -0.150. The molecule has 0 unspecified atom stereocenters. The molecule has 0 radical (unpaired) electrons. The number of methoxy groups -OCH3 is 1. The van der Waals surface area contributed by atoms with Crippen LogP contribution in [0.5, 0.6) is 11.6 Å². The van der Waals surface area contributed by atoms with Crippen molar-refractivity contribution >= 4 is 28.9 Å².